The Kier molecular flexibility index (Phi) is 6.29. The smallest absolute Gasteiger partial charge is 0.412 e. The number of methoxy groups -OCH3 is 1. The molecule has 0 saturated carbocycles. The van der Waals surface area contributed by atoms with Gasteiger partial charge in [0.2, 0.25) is 0 Å². The fourth-order valence-corrected chi connectivity index (χ4v) is 2.80. The number of aryl methyl sites for hydroxylation is 1. The normalized spacial score (nSPS) is 11.0. The predicted octanol–water partition coefficient (Wildman–Crippen LogP) is 4.70. The van der Waals surface area contributed by atoms with Crippen molar-refractivity contribution in [2.45, 2.75) is 26.4 Å². The fraction of sp³-hybridized carbons (Fsp3) is 0.261. The zero-order chi connectivity index (χ0) is 22.6. The molecule has 31 heavy (non-hydrogen) atoms. The minimum absolute atomic E-state index is 0.242. The lowest BCUT2D eigenvalue weighted by Crippen LogP contribution is -2.27. The van der Waals surface area contributed by atoms with Gasteiger partial charge in [-0.25, -0.2) is 4.79 Å². The third-order valence-corrected chi connectivity index (χ3v) is 4.30. The first-order chi connectivity index (χ1) is 14.6. The minimum atomic E-state index is -0.565. The van der Waals surface area contributed by atoms with Crippen LogP contribution in [-0.4, -0.2) is 34.5 Å². The second kappa shape index (κ2) is 8.91. The van der Waals surface area contributed by atoms with Gasteiger partial charge in [-0.3, -0.25) is 14.8 Å². The van der Waals surface area contributed by atoms with E-state index in [0.29, 0.717) is 28.5 Å². The molecule has 0 unspecified atom stereocenters. The van der Waals surface area contributed by atoms with E-state index in [9.17, 15) is 9.59 Å². The molecule has 0 radical (unpaired) electrons. The van der Waals surface area contributed by atoms with Gasteiger partial charge in [0.25, 0.3) is 5.91 Å². The summed E-state index contributed by atoms with van der Waals surface area (Å²) in [6, 6.07) is 15.9. The van der Waals surface area contributed by atoms with Crippen LogP contribution < -0.4 is 15.4 Å². The van der Waals surface area contributed by atoms with Gasteiger partial charge in [0.05, 0.1) is 12.8 Å². The van der Waals surface area contributed by atoms with Gasteiger partial charge in [0.1, 0.15) is 17.2 Å². The van der Waals surface area contributed by atoms with E-state index in [2.05, 4.69) is 15.7 Å². The largest absolute Gasteiger partial charge is 0.497 e. The number of carbonyl (C=O) groups is 2. The van der Waals surface area contributed by atoms with Crippen LogP contribution in [0.15, 0.2) is 54.6 Å². The molecule has 8 heteroatoms. The average Bonchev–Trinajstić information content (AvgIpc) is 3.07. The maximum Gasteiger partial charge on any atom is 0.412 e. The molecule has 3 aromatic rings. The second-order valence-corrected chi connectivity index (χ2v) is 7.93. The summed E-state index contributed by atoms with van der Waals surface area (Å²) < 4.78 is 12.0. The number of rotatable bonds is 5. The molecule has 3 rings (SSSR count). The number of amides is 2. The Bertz CT molecular complexity index is 1060. The molecule has 0 aliphatic heterocycles. The monoisotopic (exact) mass is 422 g/mol. The van der Waals surface area contributed by atoms with Crippen molar-refractivity contribution >= 4 is 23.5 Å². The zero-order valence-corrected chi connectivity index (χ0v) is 18.2. The van der Waals surface area contributed by atoms with Gasteiger partial charge in [-0.2, -0.15) is 5.10 Å². The van der Waals surface area contributed by atoms with Crippen molar-refractivity contribution in [2.75, 3.05) is 17.7 Å². The Morgan fingerprint density at radius 3 is 2.19 bits per heavy atom. The number of benzene rings is 2. The molecule has 0 aliphatic carbocycles. The molecule has 2 amide bonds. The number of nitrogens with one attached hydrogen (secondary N) is 2. The first-order valence-corrected chi connectivity index (χ1v) is 9.74. The van der Waals surface area contributed by atoms with Crippen molar-refractivity contribution in [3.8, 4) is 17.0 Å². The standard InChI is InChI=1S/C23H26N4O4/c1-23(2,3)31-22(29)24-17-10-6-15(7-11-17)19-14-20(27(4)26-19)25-21(28)16-8-12-18(30-5)13-9-16/h6-14H,1-5H3,(H,24,29)(H,25,28). The van der Waals surface area contributed by atoms with Crippen LogP contribution in [0, 0.1) is 0 Å². The van der Waals surface area contributed by atoms with E-state index in [4.69, 9.17) is 9.47 Å². The Hall–Kier alpha value is -3.81. The van der Waals surface area contributed by atoms with Crippen molar-refractivity contribution in [2.24, 2.45) is 7.05 Å². The first-order valence-electron chi connectivity index (χ1n) is 9.74. The summed E-state index contributed by atoms with van der Waals surface area (Å²) in [7, 11) is 3.33. The molecule has 2 N–H and O–H groups in total. The van der Waals surface area contributed by atoms with E-state index in [-0.39, 0.29) is 5.91 Å². The van der Waals surface area contributed by atoms with Gasteiger partial charge >= 0.3 is 6.09 Å². The highest BCUT2D eigenvalue weighted by atomic mass is 16.6. The molecule has 2 aromatic carbocycles. The highest BCUT2D eigenvalue weighted by Gasteiger charge is 2.16. The summed E-state index contributed by atoms with van der Waals surface area (Å²) >= 11 is 0. The fourth-order valence-electron chi connectivity index (χ4n) is 2.80. The maximum absolute atomic E-state index is 12.5. The Balaban J connectivity index is 1.68. The van der Waals surface area contributed by atoms with E-state index >= 15 is 0 Å². The van der Waals surface area contributed by atoms with Gasteiger partial charge < -0.3 is 14.8 Å². The number of aromatic nitrogens is 2. The summed E-state index contributed by atoms with van der Waals surface area (Å²) in [6.45, 7) is 5.42. The van der Waals surface area contributed by atoms with Crippen LogP contribution in [0.25, 0.3) is 11.3 Å². The zero-order valence-electron chi connectivity index (χ0n) is 18.2. The molecule has 0 fully saturated rings. The quantitative estimate of drug-likeness (QED) is 0.622. The minimum Gasteiger partial charge on any atom is -0.497 e. The van der Waals surface area contributed by atoms with Crippen molar-refractivity contribution < 1.29 is 19.1 Å². The third-order valence-electron chi connectivity index (χ3n) is 4.30. The number of hydrogen-bond donors (Lipinski definition) is 2. The van der Waals surface area contributed by atoms with Crippen LogP contribution in [0.3, 0.4) is 0 Å². The van der Waals surface area contributed by atoms with Gasteiger partial charge in [-0.15, -0.1) is 0 Å². The van der Waals surface area contributed by atoms with Crippen molar-refractivity contribution in [3.63, 3.8) is 0 Å². The lowest BCUT2D eigenvalue weighted by Gasteiger charge is -2.19. The van der Waals surface area contributed by atoms with Gasteiger partial charge in [-0.05, 0) is 57.2 Å². The number of hydrogen-bond acceptors (Lipinski definition) is 5. The van der Waals surface area contributed by atoms with Crippen LogP contribution in [0.4, 0.5) is 16.3 Å². The second-order valence-electron chi connectivity index (χ2n) is 7.93. The van der Waals surface area contributed by atoms with Crippen molar-refractivity contribution in [3.05, 3.63) is 60.2 Å². The Labute approximate surface area is 181 Å². The molecule has 0 atom stereocenters. The lowest BCUT2D eigenvalue weighted by molar-refractivity contribution is 0.0635. The number of ether oxygens (including phenoxy) is 2. The molecular weight excluding hydrogens is 396 g/mol. The summed E-state index contributed by atoms with van der Waals surface area (Å²) in [5.74, 6) is 1.00. The molecule has 0 bridgehead atoms. The molecule has 0 saturated heterocycles. The van der Waals surface area contributed by atoms with E-state index in [0.717, 1.165) is 5.56 Å². The van der Waals surface area contributed by atoms with Gasteiger partial charge in [0.15, 0.2) is 0 Å². The van der Waals surface area contributed by atoms with Gasteiger partial charge in [-0.1, -0.05) is 12.1 Å². The van der Waals surface area contributed by atoms with Crippen molar-refractivity contribution in [1.82, 2.24) is 9.78 Å². The van der Waals surface area contributed by atoms with E-state index in [1.807, 2.05) is 32.9 Å². The molecule has 0 aliphatic rings. The molecule has 8 nitrogen and oxygen atoms in total. The lowest BCUT2D eigenvalue weighted by atomic mass is 10.1. The van der Waals surface area contributed by atoms with E-state index < -0.39 is 11.7 Å². The van der Waals surface area contributed by atoms with Gasteiger partial charge in [0, 0.05) is 29.9 Å². The molecule has 1 heterocycles. The Morgan fingerprint density at radius 2 is 1.61 bits per heavy atom. The first kappa shape index (κ1) is 21.9. The van der Waals surface area contributed by atoms with Crippen LogP contribution in [0.2, 0.25) is 0 Å². The van der Waals surface area contributed by atoms with Crippen LogP contribution in [0.1, 0.15) is 31.1 Å². The van der Waals surface area contributed by atoms with Crippen LogP contribution in [0.5, 0.6) is 5.75 Å². The molecule has 1 aromatic heterocycles. The average molecular weight is 422 g/mol. The molecular formula is C23H26N4O4. The van der Waals surface area contributed by atoms with E-state index in [1.54, 1.807) is 61.3 Å². The van der Waals surface area contributed by atoms with E-state index in [1.165, 1.54) is 0 Å². The predicted molar refractivity (Wildman–Crippen MR) is 119 cm³/mol. The summed E-state index contributed by atoms with van der Waals surface area (Å²) in [6.07, 6.45) is -0.512. The summed E-state index contributed by atoms with van der Waals surface area (Å²) in [5, 5.41) is 10.0. The van der Waals surface area contributed by atoms with Crippen LogP contribution in [-0.2, 0) is 11.8 Å². The molecule has 162 valence electrons. The van der Waals surface area contributed by atoms with Crippen LogP contribution >= 0.6 is 0 Å². The summed E-state index contributed by atoms with van der Waals surface area (Å²) in [5.41, 5.74) is 2.10. The number of nitrogens with zero attached hydrogens (tertiary/aromatic N) is 2. The maximum atomic E-state index is 12.5. The highest BCUT2D eigenvalue weighted by molar-refractivity contribution is 6.04. The molecule has 0 spiro atoms. The topological polar surface area (TPSA) is 94.5 Å². The SMILES string of the molecule is COc1ccc(C(=O)Nc2cc(-c3ccc(NC(=O)OC(C)(C)C)cc3)nn2C)cc1. The number of carbonyl (C=O) groups excluding carboxylic acids is 2. The number of anilines is 2. The highest BCUT2D eigenvalue weighted by Crippen LogP contribution is 2.24. The van der Waals surface area contributed by atoms with Crippen molar-refractivity contribution in [1.29, 1.82) is 0 Å². The third kappa shape index (κ3) is 5.85. The Morgan fingerprint density at radius 1 is 0.968 bits per heavy atom. The summed E-state index contributed by atoms with van der Waals surface area (Å²) in [4.78, 5) is 24.4.